The molecule has 1 fully saturated rings. The topological polar surface area (TPSA) is 100 Å². The Morgan fingerprint density at radius 3 is 3.17 bits per heavy atom. The number of carbonyl (C=O) groups is 1. The van der Waals surface area contributed by atoms with Crippen molar-refractivity contribution in [1.29, 1.82) is 5.26 Å². The van der Waals surface area contributed by atoms with Gasteiger partial charge in [0.15, 0.2) is 17.2 Å². The van der Waals surface area contributed by atoms with Crippen LogP contribution in [0.1, 0.15) is 40.2 Å². The average molecular weight is 396 g/mol. The summed E-state index contributed by atoms with van der Waals surface area (Å²) >= 11 is 0. The fourth-order valence-corrected chi connectivity index (χ4v) is 3.89. The molecule has 0 radical (unpaired) electrons. The van der Waals surface area contributed by atoms with Crippen molar-refractivity contribution in [3.05, 3.63) is 40.7 Å². The van der Waals surface area contributed by atoms with Crippen molar-refractivity contribution in [3.8, 4) is 17.6 Å². The fraction of sp³-hybridized carbons (Fsp3) is 0.476. The summed E-state index contributed by atoms with van der Waals surface area (Å²) in [7, 11) is 1.55. The number of nitriles is 1. The van der Waals surface area contributed by atoms with Crippen LogP contribution in [0.2, 0.25) is 0 Å². The number of rotatable bonds is 5. The average Bonchev–Trinajstić information content (AvgIpc) is 3.21. The van der Waals surface area contributed by atoms with E-state index in [2.05, 4.69) is 16.3 Å². The van der Waals surface area contributed by atoms with Crippen LogP contribution >= 0.6 is 0 Å². The molecule has 0 bridgehead atoms. The predicted molar refractivity (Wildman–Crippen MR) is 104 cm³/mol. The predicted octanol–water partition coefficient (Wildman–Crippen LogP) is 2.29. The maximum Gasteiger partial charge on any atom is 0.274 e. The van der Waals surface area contributed by atoms with E-state index in [0.29, 0.717) is 49.1 Å². The number of hydrogen-bond donors (Lipinski definition) is 1. The summed E-state index contributed by atoms with van der Waals surface area (Å²) in [6.45, 7) is 2.92. The van der Waals surface area contributed by atoms with E-state index in [1.807, 2.05) is 4.90 Å². The standard InChI is InChI=1S/C21H24N4O4/c1-27-19-9-14(10-22)4-5-18(19)29-12-15-3-2-7-25(11-15)21(26)20-16-13-28-8-6-17(16)23-24-20/h4-5,9,15H,2-3,6-8,11-13H2,1H3,(H,23,24). The van der Waals surface area contributed by atoms with Gasteiger partial charge in [0, 0.05) is 42.8 Å². The van der Waals surface area contributed by atoms with Crippen molar-refractivity contribution in [2.24, 2.45) is 5.92 Å². The Bertz CT molecular complexity index is 933. The number of piperidine rings is 1. The summed E-state index contributed by atoms with van der Waals surface area (Å²) in [5.74, 6) is 1.32. The molecule has 4 rings (SSSR count). The van der Waals surface area contributed by atoms with Crippen LogP contribution in [0, 0.1) is 17.2 Å². The third-order valence-electron chi connectivity index (χ3n) is 5.47. The lowest BCUT2D eigenvalue weighted by molar-refractivity contribution is 0.0616. The SMILES string of the molecule is COc1cc(C#N)ccc1OCC1CCCN(C(=O)c2n[nH]c3c2COCC3)C1. The van der Waals surface area contributed by atoms with Crippen LogP contribution in [0.3, 0.4) is 0 Å². The molecule has 0 saturated carbocycles. The summed E-state index contributed by atoms with van der Waals surface area (Å²) in [6, 6.07) is 7.21. The Morgan fingerprint density at radius 1 is 1.45 bits per heavy atom. The molecule has 2 aliphatic heterocycles. The molecule has 1 N–H and O–H groups in total. The van der Waals surface area contributed by atoms with Gasteiger partial charge in [-0.15, -0.1) is 0 Å². The molecule has 29 heavy (non-hydrogen) atoms. The molecule has 1 amide bonds. The maximum atomic E-state index is 13.0. The molecule has 2 aromatic rings. The lowest BCUT2D eigenvalue weighted by atomic mass is 9.98. The second-order valence-corrected chi connectivity index (χ2v) is 7.38. The van der Waals surface area contributed by atoms with E-state index in [9.17, 15) is 4.79 Å². The number of hydrogen-bond acceptors (Lipinski definition) is 6. The fourth-order valence-electron chi connectivity index (χ4n) is 3.89. The minimum atomic E-state index is -0.0475. The van der Waals surface area contributed by atoms with Crippen LogP contribution < -0.4 is 9.47 Å². The number of ether oxygens (including phenoxy) is 3. The lowest BCUT2D eigenvalue weighted by Gasteiger charge is -2.32. The highest BCUT2D eigenvalue weighted by atomic mass is 16.5. The molecule has 0 spiro atoms. The first-order valence-corrected chi connectivity index (χ1v) is 9.83. The maximum absolute atomic E-state index is 13.0. The van der Waals surface area contributed by atoms with Crippen molar-refractivity contribution < 1.29 is 19.0 Å². The lowest BCUT2D eigenvalue weighted by Crippen LogP contribution is -2.42. The molecule has 1 unspecified atom stereocenters. The van der Waals surface area contributed by atoms with Gasteiger partial charge in [-0.2, -0.15) is 10.4 Å². The van der Waals surface area contributed by atoms with E-state index in [0.717, 1.165) is 37.1 Å². The number of nitrogens with one attached hydrogen (secondary N) is 1. The largest absolute Gasteiger partial charge is 0.493 e. The normalized spacial score (nSPS) is 18.6. The summed E-state index contributed by atoms with van der Waals surface area (Å²) in [4.78, 5) is 14.9. The Labute approximate surface area is 169 Å². The first-order valence-electron chi connectivity index (χ1n) is 9.83. The van der Waals surface area contributed by atoms with Gasteiger partial charge in [-0.25, -0.2) is 0 Å². The van der Waals surface area contributed by atoms with Crippen LogP contribution in [0.4, 0.5) is 0 Å². The van der Waals surface area contributed by atoms with Crippen LogP contribution in [0.5, 0.6) is 11.5 Å². The summed E-state index contributed by atoms with van der Waals surface area (Å²) < 4.78 is 16.8. The zero-order chi connectivity index (χ0) is 20.2. The Balaban J connectivity index is 1.39. The smallest absolute Gasteiger partial charge is 0.274 e. The van der Waals surface area contributed by atoms with Crippen molar-refractivity contribution in [2.75, 3.05) is 33.4 Å². The van der Waals surface area contributed by atoms with Crippen molar-refractivity contribution >= 4 is 5.91 Å². The van der Waals surface area contributed by atoms with Crippen molar-refractivity contribution in [1.82, 2.24) is 15.1 Å². The highest BCUT2D eigenvalue weighted by Gasteiger charge is 2.30. The van der Waals surface area contributed by atoms with Crippen LogP contribution in [0.15, 0.2) is 18.2 Å². The number of H-pyrrole nitrogens is 1. The minimum Gasteiger partial charge on any atom is -0.493 e. The molecule has 1 saturated heterocycles. The first kappa shape index (κ1) is 19.3. The summed E-state index contributed by atoms with van der Waals surface area (Å²) in [6.07, 6.45) is 2.68. The number of aromatic amines is 1. The first-order chi connectivity index (χ1) is 14.2. The van der Waals surface area contributed by atoms with E-state index < -0.39 is 0 Å². The van der Waals surface area contributed by atoms with E-state index >= 15 is 0 Å². The molecule has 152 valence electrons. The van der Waals surface area contributed by atoms with Gasteiger partial charge in [0.1, 0.15) is 0 Å². The van der Waals surface area contributed by atoms with E-state index in [1.165, 1.54) is 0 Å². The number of likely N-dealkylation sites (tertiary alicyclic amines) is 1. The number of amides is 1. The zero-order valence-electron chi connectivity index (χ0n) is 16.4. The Morgan fingerprint density at radius 2 is 2.34 bits per heavy atom. The van der Waals surface area contributed by atoms with Crippen molar-refractivity contribution in [2.45, 2.75) is 25.9 Å². The van der Waals surface area contributed by atoms with Gasteiger partial charge in [-0.05, 0) is 25.0 Å². The highest BCUT2D eigenvalue weighted by molar-refractivity contribution is 5.94. The number of benzene rings is 1. The molecule has 1 aromatic carbocycles. The van der Waals surface area contributed by atoms with Gasteiger partial charge in [-0.3, -0.25) is 9.89 Å². The van der Waals surface area contributed by atoms with Gasteiger partial charge in [0.2, 0.25) is 0 Å². The number of nitrogens with zero attached hydrogens (tertiary/aromatic N) is 3. The Hall–Kier alpha value is -3.05. The second-order valence-electron chi connectivity index (χ2n) is 7.38. The number of aromatic nitrogens is 2. The highest BCUT2D eigenvalue weighted by Crippen LogP contribution is 2.29. The molecule has 2 aliphatic rings. The van der Waals surface area contributed by atoms with Gasteiger partial charge >= 0.3 is 0 Å². The molecule has 3 heterocycles. The molecular weight excluding hydrogens is 372 g/mol. The molecule has 1 aromatic heterocycles. The van der Waals surface area contributed by atoms with E-state index in [-0.39, 0.29) is 11.8 Å². The molecule has 1 atom stereocenters. The van der Waals surface area contributed by atoms with E-state index in [1.54, 1.807) is 25.3 Å². The van der Waals surface area contributed by atoms with Crippen LogP contribution in [0.25, 0.3) is 0 Å². The number of fused-ring (bicyclic) bond motifs is 1. The molecule has 8 nitrogen and oxygen atoms in total. The van der Waals surface area contributed by atoms with Crippen LogP contribution in [-0.2, 0) is 17.8 Å². The van der Waals surface area contributed by atoms with Gasteiger partial charge in [0.05, 0.1) is 38.6 Å². The molecule has 0 aliphatic carbocycles. The number of methoxy groups -OCH3 is 1. The van der Waals surface area contributed by atoms with Gasteiger partial charge < -0.3 is 19.1 Å². The van der Waals surface area contributed by atoms with Crippen molar-refractivity contribution in [3.63, 3.8) is 0 Å². The quantitative estimate of drug-likeness (QED) is 0.832. The third kappa shape index (κ3) is 4.05. The van der Waals surface area contributed by atoms with Crippen LogP contribution in [-0.4, -0.2) is 54.4 Å². The van der Waals surface area contributed by atoms with E-state index in [4.69, 9.17) is 19.5 Å². The third-order valence-corrected chi connectivity index (χ3v) is 5.47. The monoisotopic (exact) mass is 396 g/mol. The number of carbonyl (C=O) groups excluding carboxylic acids is 1. The summed E-state index contributed by atoms with van der Waals surface area (Å²) in [5.41, 5.74) is 2.90. The zero-order valence-corrected chi connectivity index (χ0v) is 16.4. The minimum absolute atomic E-state index is 0.0475. The Kier molecular flexibility index (Phi) is 5.67. The second kappa shape index (κ2) is 8.53. The molecule has 8 heteroatoms. The van der Waals surface area contributed by atoms with Gasteiger partial charge in [-0.1, -0.05) is 0 Å². The van der Waals surface area contributed by atoms with Gasteiger partial charge in [0.25, 0.3) is 5.91 Å². The molecular formula is C21H24N4O4. The summed E-state index contributed by atoms with van der Waals surface area (Å²) in [5, 5.41) is 16.3.